The maximum absolute atomic E-state index is 9.26. The van der Waals surface area contributed by atoms with Crippen molar-refractivity contribution >= 4 is 5.57 Å². The Morgan fingerprint density at radius 2 is 1.68 bits per heavy atom. The summed E-state index contributed by atoms with van der Waals surface area (Å²) in [6, 6.07) is 4.49. The number of benzene rings is 1. The van der Waals surface area contributed by atoms with Crippen LogP contribution in [0.5, 0.6) is 5.75 Å². The highest BCUT2D eigenvalue weighted by Gasteiger charge is 2.26. The minimum atomic E-state index is 0.00000791. The lowest BCUT2D eigenvalue weighted by molar-refractivity contribution is 0.328. The van der Waals surface area contributed by atoms with Crippen LogP contribution in [0, 0.1) is 0 Å². The topological polar surface area (TPSA) is 29.5 Å². The summed E-state index contributed by atoms with van der Waals surface area (Å²) in [5.41, 5.74) is 4.73. The molecule has 0 spiro atoms. The second-order valence-electron chi connectivity index (χ2n) is 7.90. The summed E-state index contributed by atoms with van der Waals surface area (Å²) in [4.78, 5) is 0. The number of rotatable bonds is 4. The Bertz CT molecular complexity index is 540. The molecule has 0 heterocycles. The molecule has 124 valence electrons. The van der Waals surface area contributed by atoms with Crippen LogP contribution in [0.4, 0.5) is 0 Å². The summed E-state index contributed by atoms with van der Waals surface area (Å²) in [7, 11) is 0. The van der Waals surface area contributed by atoms with E-state index in [0.717, 1.165) is 16.9 Å². The monoisotopic (exact) mass is 304 g/mol. The molecular weight excluding hydrogens is 272 g/mol. The number of ether oxygens (including phenoxy) is 1. The molecule has 0 aliphatic heterocycles. The van der Waals surface area contributed by atoms with Gasteiger partial charge in [0.2, 0.25) is 0 Å². The molecule has 1 N–H and O–H groups in total. The molecule has 0 fully saturated rings. The van der Waals surface area contributed by atoms with E-state index in [-0.39, 0.29) is 17.4 Å². The minimum absolute atomic E-state index is 0.00000791. The van der Waals surface area contributed by atoms with Crippen molar-refractivity contribution in [1.29, 1.82) is 0 Å². The molecule has 1 aromatic rings. The van der Waals surface area contributed by atoms with Gasteiger partial charge in [0.05, 0.1) is 13.2 Å². The second kappa shape index (κ2) is 6.87. The average Bonchev–Trinajstić information content (AvgIpc) is 2.36. The van der Waals surface area contributed by atoms with Crippen LogP contribution in [-0.4, -0.2) is 18.3 Å². The molecule has 0 atom stereocenters. The molecule has 0 radical (unpaired) electrons. The van der Waals surface area contributed by atoms with Gasteiger partial charge in [-0.25, -0.2) is 0 Å². The van der Waals surface area contributed by atoms with E-state index in [2.05, 4.69) is 53.7 Å². The van der Waals surface area contributed by atoms with Gasteiger partial charge in [0.25, 0.3) is 0 Å². The van der Waals surface area contributed by atoms with Crippen molar-refractivity contribution in [3.05, 3.63) is 34.9 Å². The van der Waals surface area contributed by atoms with Gasteiger partial charge in [0.15, 0.2) is 0 Å². The summed E-state index contributed by atoms with van der Waals surface area (Å²) in [6.07, 6.45) is 1.84. The molecule has 0 saturated heterocycles. The number of aliphatic hydroxyl groups excluding tert-OH is 1. The predicted molar refractivity (Wildman–Crippen MR) is 95.7 cm³/mol. The number of aliphatic hydroxyl groups is 1. The number of hydrogen-bond donors (Lipinski definition) is 1. The van der Waals surface area contributed by atoms with Gasteiger partial charge in [-0.2, -0.15) is 0 Å². The fraction of sp³-hybridized carbons (Fsp3) is 0.600. The molecule has 1 rings (SSSR count). The highest BCUT2D eigenvalue weighted by molar-refractivity contribution is 5.72. The van der Waals surface area contributed by atoms with E-state index in [1.165, 1.54) is 11.1 Å². The quantitative estimate of drug-likeness (QED) is 0.841. The summed E-state index contributed by atoms with van der Waals surface area (Å²) in [6.45, 7) is 18.0. The third-order valence-corrected chi connectivity index (χ3v) is 3.87. The van der Waals surface area contributed by atoms with E-state index in [0.29, 0.717) is 6.61 Å². The van der Waals surface area contributed by atoms with E-state index in [1.54, 1.807) is 0 Å². The first-order chi connectivity index (χ1) is 10.0. The van der Waals surface area contributed by atoms with Crippen molar-refractivity contribution in [2.75, 3.05) is 13.2 Å². The zero-order chi connectivity index (χ0) is 17.1. The third kappa shape index (κ3) is 4.36. The highest BCUT2D eigenvalue weighted by atomic mass is 16.5. The van der Waals surface area contributed by atoms with Crippen molar-refractivity contribution in [3.63, 3.8) is 0 Å². The van der Waals surface area contributed by atoms with Crippen LogP contribution >= 0.6 is 0 Å². The van der Waals surface area contributed by atoms with E-state index < -0.39 is 0 Å². The first-order valence-corrected chi connectivity index (χ1v) is 8.12. The maximum Gasteiger partial charge on any atom is 0.130 e. The van der Waals surface area contributed by atoms with Gasteiger partial charge in [-0.15, -0.1) is 0 Å². The molecule has 0 aliphatic carbocycles. The van der Waals surface area contributed by atoms with Crippen molar-refractivity contribution in [3.8, 4) is 5.75 Å². The zero-order valence-electron chi connectivity index (χ0n) is 15.5. The number of allylic oxidation sites excluding steroid dienone is 1. The molecule has 2 heteroatoms. The third-order valence-electron chi connectivity index (χ3n) is 3.87. The summed E-state index contributed by atoms with van der Waals surface area (Å²) >= 11 is 0. The van der Waals surface area contributed by atoms with Crippen LogP contribution in [-0.2, 0) is 10.8 Å². The molecular formula is C20H32O2. The van der Waals surface area contributed by atoms with Crippen LogP contribution < -0.4 is 4.74 Å². The highest BCUT2D eigenvalue weighted by Crippen LogP contribution is 2.40. The number of hydrogen-bond acceptors (Lipinski definition) is 2. The lowest BCUT2D eigenvalue weighted by Crippen LogP contribution is -2.19. The second-order valence-corrected chi connectivity index (χ2v) is 7.90. The lowest BCUT2D eigenvalue weighted by Gasteiger charge is -2.29. The van der Waals surface area contributed by atoms with E-state index in [9.17, 15) is 5.11 Å². The van der Waals surface area contributed by atoms with Gasteiger partial charge < -0.3 is 9.84 Å². The summed E-state index contributed by atoms with van der Waals surface area (Å²) < 4.78 is 6.01. The van der Waals surface area contributed by atoms with Gasteiger partial charge in [0.1, 0.15) is 5.75 Å². The largest absolute Gasteiger partial charge is 0.493 e. The molecule has 0 amide bonds. The Kier molecular flexibility index (Phi) is 5.86. The lowest BCUT2D eigenvalue weighted by atomic mass is 9.78. The average molecular weight is 304 g/mol. The predicted octanol–water partition coefficient (Wildman–Crippen LogP) is 5.08. The van der Waals surface area contributed by atoms with E-state index in [4.69, 9.17) is 4.74 Å². The van der Waals surface area contributed by atoms with E-state index in [1.807, 2.05) is 19.9 Å². The van der Waals surface area contributed by atoms with Crippen LogP contribution in [0.3, 0.4) is 0 Å². The molecule has 0 bridgehead atoms. The minimum Gasteiger partial charge on any atom is -0.493 e. The van der Waals surface area contributed by atoms with Crippen LogP contribution in [0.2, 0.25) is 0 Å². The summed E-state index contributed by atoms with van der Waals surface area (Å²) in [5, 5.41) is 9.26. The Balaban J connectivity index is 3.74. The molecule has 2 nitrogen and oxygen atoms in total. The Morgan fingerprint density at radius 3 is 2.09 bits per heavy atom. The summed E-state index contributed by atoms with van der Waals surface area (Å²) in [5.74, 6) is 0.949. The molecule has 0 saturated carbocycles. The van der Waals surface area contributed by atoms with Crippen molar-refractivity contribution in [2.24, 2.45) is 0 Å². The normalized spacial score (nSPS) is 13.4. The van der Waals surface area contributed by atoms with E-state index >= 15 is 0 Å². The molecule has 0 aliphatic rings. The Labute approximate surface area is 136 Å². The first-order valence-electron chi connectivity index (χ1n) is 8.12. The molecule has 0 aromatic heterocycles. The Morgan fingerprint density at radius 1 is 1.09 bits per heavy atom. The van der Waals surface area contributed by atoms with Crippen LogP contribution in [0.15, 0.2) is 18.2 Å². The molecule has 0 unspecified atom stereocenters. The fourth-order valence-corrected chi connectivity index (χ4v) is 2.46. The van der Waals surface area contributed by atoms with Crippen LogP contribution in [0.1, 0.15) is 72.1 Å². The van der Waals surface area contributed by atoms with Crippen molar-refractivity contribution in [1.82, 2.24) is 0 Å². The van der Waals surface area contributed by atoms with Gasteiger partial charge in [-0.1, -0.05) is 53.7 Å². The molecule has 22 heavy (non-hydrogen) atoms. The molecule has 1 aromatic carbocycles. The van der Waals surface area contributed by atoms with Gasteiger partial charge in [-0.3, -0.25) is 0 Å². The van der Waals surface area contributed by atoms with Gasteiger partial charge in [0, 0.05) is 11.1 Å². The zero-order valence-corrected chi connectivity index (χ0v) is 15.5. The SMILES string of the molecule is CCOc1c(/C(C)=C\CO)cc(C(C)(C)C)cc1C(C)(C)C. The smallest absolute Gasteiger partial charge is 0.130 e. The maximum atomic E-state index is 9.26. The fourth-order valence-electron chi connectivity index (χ4n) is 2.46. The van der Waals surface area contributed by atoms with Gasteiger partial charge in [-0.05, 0) is 41.9 Å². The standard InChI is InChI=1S/C20H32O2/c1-9-22-18-16(14(2)10-11-21)12-15(19(3,4)5)13-17(18)20(6,7)8/h10,12-13,21H,9,11H2,1-8H3/b14-10-. The Hall–Kier alpha value is -1.28. The van der Waals surface area contributed by atoms with Crippen LogP contribution in [0.25, 0.3) is 5.57 Å². The van der Waals surface area contributed by atoms with Gasteiger partial charge >= 0.3 is 0 Å². The van der Waals surface area contributed by atoms with Crippen molar-refractivity contribution < 1.29 is 9.84 Å². The van der Waals surface area contributed by atoms with Crippen molar-refractivity contribution in [2.45, 2.75) is 66.2 Å². The first kappa shape index (κ1) is 18.8.